The van der Waals surface area contributed by atoms with Gasteiger partial charge in [-0.05, 0) is 50.5 Å². The first-order chi connectivity index (χ1) is 9.99. The number of benzene rings is 1. The van der Waals surface area contributed by atoms with Crippen molar-refractivity contribution in [3.63, 3.8) is 0 Å². The summed E-state index contributed by atoms with van der Waals surface area (Å²) in [6.07, 6.45) is 3.23. The van der Waals surface area contributed by atoms with Crippen molar-refractivity contribution in [2.24, 2.45) is 7.05 Å². The molecular formula is C16H18FN3O. The van der Waals surface area contributed by atoms with Crippen LogP contribution in [-0.2, 0) is 13.5 Å². The number of amides is 1. The van der Waals surface area contributed by atoms with Crippen LogP contribution in [0.3, 0.4) is 0 Å². The second-order valence-corrected chi connectivity index (χ2v) is 5.60. The predicted octanol–water partition coefficient (Wildman–Crippen LogP) is 2.85. The van der Waals surface area contributed by atoms with Gasteiger partial charge in [-0.1, -0.05) is 0 Å². The summed E-state index contributed by atoms with van der Waals surface area (Å²) in [6, 6.07) is 4.73. The average Bonchev–Trinajstić information content (AvgIpc) is 2.78. The fourth-order valence-electron chi connectivity index (χ4n) is 2.87. The van der Waals surface area contributed by atoms with Gasteiger partial charge in [-0.3, -0.25) is 9.48 Å². The summed E-state index contributed by atoms with van der Waals surface area (Å²) in [7, 11) is 1.81. The lowest BCUT2D eigenvalue weighted by Gasteiger charge is -2.35. The summed E-state index contributed by atoms with van der Waals surface area (Å²) in [5.74, 6) is -0.325. The quantitative estimate of drug-likeness (QED) is 0.809. The van der Waals surface area contributed by atoms with E-state index in [2.05, 4.69) is 5.10 Å². The maximum Gasteiger partial charge on any atom is 0.261 e. The summed E-state index contributed by atoms with van der Waals surface area (Å²) in [6.45, 7) is 3.90. The molecule has 0 saturated heterocycles. The van der Waals surface area contributed by atoms with Crippen molar-refractivity contribution in [3.8, 4) is 0 Å². The highest BCUT2D eigenvalue weighted by Gasteiger charge is 2.30. The number of fused-ring (bicyclic) bond motifs is 1. The number of hydrogen-bond acceptors (Lipinski definition) is 2. The van der Waals surface area contributed by atoms with E-state index in [1.807, 2.05) is 20.9 Å². The molecule has 0 bridgehead atoms. The molecule has 3 rings (SSSR count). The van der Waals surface area contributed by atoms with E-state index in [0.29, 0.717) is 5.56 Å². The van der Waals surface area contributed by atoms with Gasteiger partial charge < -0.3 is 4.90 Å². The van der Waals surface area contributed by atoms with Crippen LogP contribution in [0.5, 0.6) is 0 Å². The van der Waals surface area contributed by atoms with E-state index in [1.54, 1.807) is 21.8 Å². The van der Waals surface area contributed by atoms with Crippen LogP contribution >= 0.6 is 0 Å². The molecule has 0 spiro atoms. The lowest BCUT2D eigenvalue weighted by molar-refractivity contribution is 0.0974. The molecule has 1 atom stereocenters. The highest BCUT2D eigenvalue weighted by atomic mass is 19.1. The number of carbonyl (C=O) groups excluding carboxylic acids is 1. The first kappa shape index (κ1) is 13.8. The molecule has 1 unspecified atom stereocenters. The largest absolute Gasteiger partial charge is 0.305 e. The molecule has 2 aromatic rings. The van der Waals surface area contributed by atoms with Gasteiger partial charge in [0.15, 0.2) is 0 Å². The average molecular weight is 287 g/mol. The minimum atomic E-state index is -0.256. The first-order valence-corrected chi connectivity index (χ1v) is 7.09. The van der Waals surface area contributed by atoms with Gasteiger partial charge >= 0.3 is 0 Å². The van der Waals surface area contributed by atoms with Crippen molar-refractivity contribution in [1.29, 1.82) is 0 Å². The predicted molar refractivity (Wildman–Crippen MR) is 78.9 cm³/mol. The highest BCUT2D eigenvalue weighted by Crippen LogP contribution is 2.32. The number of halogens is 1. The SMILES string of the molecule is Cc1c(C(=O)N2c3ccc(F)cc3CCC2C)cnn1C. The van der Waals surface area contributed by atoms with Crippen LogP contribution < -0.4 is 4.90 Å². The van der Waals surface area contributed by atoms with Crippen LogP contribution in [0.15, 0.2) is 24.4 Å². The van der Waals surface area contributed by atoms with Gasteiger partial charge in [-0.2, -0.15) is 5.10 Å². The molecule has 21 heavy (non-hydrogen) atoms. The minimum absolute atomic E-state index is 0.0688. The number of anilines is 1. The number of hydrogen-bond donors (Lipinski definition) is 0. The lowest BCUT2D eigenvalue weighted by Crippen LogP contribution is -2.42. The maximum absolute atomic E-state index is 13.4. The number of carbonyl (C=O) groups is 1. The molecule has 4 nitrogen and oxygen atoms in total. The first-order valence-electron chi connectivity index (χ1n) is 7.09. The second kappa shape index (κ2) is 4.98. The lowest BCUT2D eigenvalue weighted by atomic mass is 9.95. The highest BCUT2D eigenvalue weighted by molar-refractivity contribution is 6.07. The van der Waals surface area contributed by atoms with Crippen LogP contribution in [-0.4, -0.2) is 21.7 Å². The summed E-state index contributed by atoms with van der Waals surface area (Å²) >= 11 is 0. The second-order valence-electron chi connectivity index (χ2n) is 5.60. The molecule has 5 heteroatoms. The molecule has 110 valence electrons. The molecule has 2 heterocycles. The standard InChI is InChI=1S/C16H18FN3O/c1-10-4-5-12-8-13(17)6-7-15(12)20(10)16(21)14-9-18-19(3)11(14)2/h6-10H,4-5H2,1-3H3. The Bertz CT molecular complexity index is 708. The molecule has 0 radical (unpaired) electrons. The van der Waals surface area contributed by atoms with Crippen LogP contribution in [0.2, 0.25) is 0 Å². The monoisotopic (exact) mass is 287 g/mol. The Balaban J connectivity index is 2.06. The van der Waals surface area contributed by atoms with Gasteiger partial charge in [-0.25, -0.2) is 4.39 Å². The van der Waals surface area contributed by atoms with Gasteiger partial charge in [-0.15, -0.1) is 0 Å². The number of nitrogens with zero attached hydrogens (tertiary/aromatic N) is 3. The van der Waals surface area contributed by atoms with Crippen LogP contribution in [0.1, 0.15) is 35.0 Å². The van der Waals surface area contributed by atoms with E-state index in [4.69, 9.17) is 0 Å². The van der Waals surface area contributed by atoms with Gasteiger partial charge in [0.1, 0.15) is 5.82 Å². The molecule has 0 fully saturated rings. The van der Waals surface area contributed by atoms with Gasteiger partial charge in [0, 0.05) is 24.5 Å². The zero-order valence-electron chi connectivity index (χ0n) is 12.4. The Morgan fingerprint density at radius 1 is 1.43 bits per heavy atom. The Hall–Kier alpha value is -2.17. The van der Waals surface area contributed by atoms with Crippen molar-refractivity contribution in [2.45, 2.75) is 32.7 Å². The third-order valence-corrected chi connectivity index (χ3v) is 4.26. The summed E-state index contributed by atoms with van der Waals surface area (Å²) in [5, 5.41) is 4.14. The third-order valence-electron chi connectivity index (χ3n) is 4.26. The smallest absolute Gasteiger partial charge is 0.261 e. The number of aryl methyl sites for hydroxylation is 2. The fraction of sp³-hybridized carbons (Fsp3) is 0.375. The van der Waals surface area contributed by atoms with Crippen molar-refractivity contribution < 1.29 is 9.18 Å². The van der Waals surface area contributed by atoms with E-state index in [0.717, 1.165) is 29.8 Å². The normalized spacial score (nSPS) is 17.7. The molecule has 1 aromatic carbocycles. The van der Waals surface area contributed by atoms with Crippen molar-refractivity contribution in [3.05, 3.63) is 47.0 Å². The fourth-order valence-corrected chi connectivity index (χ4v) is 2.87. The van der Waals surface area contributed by atoms with Crippen LogP contribution in [0.25, 0.3) is 0 Å². The van der Waals surface area contributed by atoms with Crippen molar-refractivity contribution >= 4 is 11.6 Å². The Morgan fingerprint density at radius 2 is 2.19 bits per heavy atom. The molecule has 1 aliphatic rings. The van der Waals surface area contributed by atoms with E-state index >= 15 is 0 Å². The van der Waals surface area contributed by atoms with Gasteiger partial charge in [0.05, 0.1) is 11.8 Å². The molecule has 1 amide bonds. The van der Waals surface area contributed by atoms with Crippen molar-refractivity contribution in [1.82, 2.24) is 9.78 Å². The molecular weight excluding hydrogens is 269 g/mol. The summed E-state index contributed by atoms with van der Waals surface area (Å²) in [5.41, 5.74) is 3.13. The molecule has 1 aliphatic heterocycles. The Labute approximate surface area is 123 Å². The number of aromatic nitrogens is 2. The third kappa shape index (κ3) is 2.22. The topological polar surface area (TPSA) is 38.1 Å². The van der Waals surface area contributed by atoms with E-state index < -0.39 is 0 Å². The zero-order chi connectivity index (χ0) is 15.1. The molecule has 0 saturated carbocycles. The molecule has 0 aliphatic carbocycles. The van der Waals surface area contributed by atoms with E-state index in [1.165, 1.54) is 12.1 Å². The van der Waals surface area contributed by atoms with Gasteiger partial charge in [0.25, 0.3) is 5.91 Å². The maximum atomic E-state index is 13.4. The minimum Gasteiger partial charge on any atom is -0.305 e. The zero-order valence-corrected chi connectivity index (χ0v) is 12.4. The van der Waals surface area contributed by atoms with E-state index in [9.17, 15) is 9.18 Å². The Morgan fingerprint density at radius 3 is 2.86 bits per heavy atom. The van der Waals surface area contributed by atoms with E-state index in [-0.39, 0.29) is 17.8 Å². The van der Waals surface area contributed by atoms with Crippen LogP contribution in [0, 0.1) is 12.7 Å². The Kier molecular flexibility index (Phi) is 3.27. The van der Waals surface area contributed by atoms with Crippen LogP contribution in [0.4, 0.5) is 10.1 Å². The summed E-state index contributed by atoms with van der Waals surface area (Å²) < 4.78 is 15.1. The van der Waals surface area contributed by atoms with Crippen molar-refractivity contribution in [2.75, 3.05) is 4.90 Å². The molecule has 1 aromatic heterocycles. The summed E-state index contributed by atoms with van der Waals surface area (Å²) in [4.78, 5) is 14.6. The van der Waals surface area contributed by atoms with Gasteiger partial charge in [0.2, 0.25) is 0 Å². The number of rotatable bonds is 1. The molecule has 0 N–H and O–H groups in total.